The van der Waals surface area contributed by atoms with E-state index in [1.807, 2.05) is 48.5 Å². The first-order valence-corrected chi connectivity index (χ1v) is 8.57. The number of aryl methyl sites for hydroxylation is 1. The largest absolute Gasteiger partial charge is 0.326 e. The van der Waals surface area contributed by atoms with E-state index in [1.54, 1.807) is 12.4 Å². The fraction of sp³-hybridized carbons (Fsp3) is 0.0909. The lowest BCUT2D eigenvalue weighted by molar-refractivity contribution is -0.115. The van der Waals surface area contributed by atoms with Gasteiger partial charge in [0.1, 0.15) is 0 Å². The van der Waals surface area contributed by atoms with Crippen LogP contribution in [0.3, 0.4) is 0 Å². The van der Waals surface area contributed by atoms with Gasteiger partial charge in [0.25, 0.3) is 0 Å². The summed E-state index contributed by atoms with van der Waals surface area (Å²) in [6.07, 6.45) is 3.73. The number of aromatic nitrogens is 2. The van der Waals surface area contributed by atoms with Crippen LogP contribution in [-0.4, -0.2) is 15.5 Å². The van der Waals surface area contributed by atoms with Gasteiger partial charge in [-0.3, -0.25) is 9.78 Å². The standard InChI is InChI=1S/C22H19N3O/c1-16-13-18-6-2-3-7-21(18)25(16)20-10-8-19(9-11-20)24-22(26)14-17-5-4-12-23-15-17/h2-13,15H,14H2,1H3,(H,24,26). The van der Waals surface area contributed by atoms with E-state index in [0.717, 1.165) is 16.9 Å². The number of nitrogens with one attached hydrogen (secondary N) is 1. The molecule has 128 valence electrons. The first-order chi connectivity index (χ1) is 12.7. The Labute approximate surface area is 152 Å². The van der Waals surface area contributed by atoms with Crippen LogP contribution >= 0.6 is 0 Å². The fourth-order valence-electron chi connectivity index (χ4n) is 3.22. The van der Waals surface area contributed by atoms with Gasteiger partial charge in [0.05, 0.1) is 11.9 Å². The summed E-state index contributed by atoms with van der Waals surface area (Å²) in [5.74, 6) is -0.0478. The Morgan fingerprint density at radius 3 is 2.62 bits per heavy atom. The summed E-state index contributed by atoms with van der Waals surface area (Å²) >= 11 is 0. The second kappa shape index (κ2) is 6.84. The van der Waals surface area contributed by atoms with Crippen molar-refractivity contribution in [1.29, 1.82) is 0 Å². The number of amides is 1. The second-order valence-corrected chi connectivity index (χ2v) is 6.31. The molecule has 4 aromatic rings. The maximum absolute atomic E-state index is 12.2. The zero-order chi connectivity index (χ0) is 17.9. The van der Waals surface area contributed by atoms with Gasteiger partial charge in [-0.25, -0.2) is 0 Å². The number of hydrogen-bond acceptors (Lipinski definition) is 2. The summed E-state index contributed by atoms with van der Waals surface area (Å²) in [5.41, 5.74) is 5.12. The van der Waals surface area contributed by atoms with E-state index in [9.17, 15) is 4.79 Å². The van der Waals surface area contributed by atoms with Gasteiger partial charge in [-0.2, -0.15) is 0 Å². The molecule has 2 heterocycles. The molecule has 0 fully saturated rings. The number of anilines is 1. The van der Waals surface area contributed by atoms with Gasteiger partial charge < -0.3 is 9.88 Å². The van der Waals surface area contributed by atoms with Crippen molar-refractivity contribution in [3.63, 3.8) is 0 Å². The van der Waals surface area contributed by atoms with E-state index in [4.69, 9.17) is 0 Å². The van der Waals surface area contributed by atoms with Gasteiger partial charge in [-0.1, -0.05) is 24.3 Å². The molecule has 4 rings (SSSR count). The van der Waals surface area contributed by atoms with E-state index >= 15 is 0 Å². The van der Waals surface area contributed by atoms with Crippen LogP contribution in [0.15, 0.2) is 79.1 Å². The van der Waals surface area contributed by atoms with Crippen molar-refractivity contribution in [3.05, 3.63) is 90.4 Å². The minimum atomic E-state index is -0.0478. The Morgan fingerprint density at radius 1 is 1.04 bits per heavy atom. The van der Waals surface area contributed by atoms with Crippen molar-refractivity contribution >= 4 is 22.5 Å². The summed E-state index contributed by atoms with van der Waals surface area (Å²) in [6, 6.07) is 22.2. The van der Waals surface area contributed by atoms with Crippen LogP contribution in [0, 0.1) is 6.92 Å². The highest BCUT2D eigenvalue weighted by atomic mass is 16.1. The minimum absolute atomic E-state index is 0.0478. The third-order valence-electron chi connectivity index (χ3n) is 4.39. The van der Waals surface area contributed by atoms with Gasteiger partial charge in [-0.15, -0.1) is 0 Å². The van der Waals surface area contributed by atoms with Crippen LogP contribution in [0.4, 0.5) is 5.69 Å². The minimum Gasteiger partial charge on any atom is -0.326 e. The number of hydrogen-bond donors (Lipinski definition) is 1. The zero-order valence-electron chi connectivity index (χ0n) is 14.5. The molecule has 0 saturated heterocycles. The summed E-state index contributed by atoms with van der Waals surface area (Å²) in [6.45, 7) is 2.10. The molecule has 1 N–H and O–H groups in total. The Balaban J connectivity index is 1.53. The first-order valence-electron chi connectivity index (χ1n) is 8.57. The number of fused-ring (bicyclic) bond motifs is 1. The van der Waals surface area contributed by atoms with Gasteiger partial charge >= 0.3 is 0 Å². The maximum Gasteiger partial charge on any atom is 0.228 e. The number of rotatable bonds is 4. The normalized spacial score (nSPS) is 10.8. The molecule has 0 radical (unpaired) electrons. The average Bonchev–Trinajstić information content (AvgIpc) is 2.99. The van der Waals surface area contributed by atoms with Crippen LogP contribution in [0.25, 0.3) is 16.6 Å². The highest BCUT2D eigenvalue weighted by Crippen LogP contribution is 2.24. The SMILES string of the molecule is Cc1cc2ccccc2n1-c1ccc(NC(=O)Cc2cccnc2)cc1. The predicted octanol–water partition coefficient (Wildman–Crippen LogP) is 4.52. The number of pyridine rings is 1. The Morgan fingerprint density at radius 2 is 1.85 bits per heavy atom. The van der Waals surface area contributed by atoms with Crippen LogP contribution in [-0.2, 0) is 11.2 Å². The highest BCUT2D eigenvalue weighted by Gasteiger charge is 2.08. The molecule has 0 saturated carbocycles. The quantitative estimate of drug-likeness (QED) is 0.593. The van der Waals surface area contributed by atoms with Crippen molar-refractivity contribution in [1.82, 2.24) is 9.55 Å². The first kappa shape index (κ1) is 16.1. The molecule has 26 heavy (non-hydrogen) atoms. The van der Waals surface area contributed by atoms with Crippen molar-refractivity contribution in [2.75, 3.05) is 5.32 Å². The number of nitrogens with zero attached hydrogens (tertiary/aromatic N) is 2. The number of para-hydroxylation sites is 1. The van der Waals surface area contributed by atoms with E-state index in [-0.39, 0.29) is 5.91 Å². The molecule has 0 unspecified atom stereocenters. The van der Waals surface area contributed by atoms with Gasteiger partial charge in [0.2, 0.25) is 5.91 Å². The summed E-state index contributed by atoms with van der Waals surface area (Å²) in [5, 5.41) is 4.16. The van der Waals surface area contributed by atoms with E-state index in [1.165, 1.54) is 16.6 Å². The second-order valence-electron chi connectivity index (χ2n) is 6.31. The molecule has 4 nitrogen and oxygen atoms in total. The molecule has 2 aromatic carbocycles. The molecule has 0 atom stereocenters. The van der Waals surface area contributed by atoms with Crippen molar-refractivity contribution in [3.8, 4) is 5.69 Å². The molecule has 1 amide bonds. The maximum atomic E-state index is 12.2. The Hall–Kier alpha value is -3.40. The molecular formula is C22H19N3O. The molecule has 0 bridgehead atoms. The van der Waals surface area contributed by atoms with Gasteiger partial charge in [0.15, 0.2) is 0 Å². The average molecular weight is 341 g/mol. The zero-order valence-corrected chi connectivity index (χ0v) is 14.5. The monoisotopic (exact) mass is 341 g/mol. The molecule has 2 aromatic heterocycles. The van der Waals surface area contributed by atoms with Crippen molar-refractivity contribution in [2.24, 2.45) is 0 Å². The van der Waals surface area contributed by atoms with Crippen molar-refractivity contribution < 1.29 is 4.79 Å². The third kappa shape index (κ3) is 3.22. The van der Waals surface area contributed by atoms with E-state index < -0.39 is 0 Å². The molecule has 0 aliphatic rings. The van der Waals surface area contributed by atoms with Crippen LogP contribution in [0.2, 0.25) is 0 Å². The topological polar surface area (TPSA) is 46.9 Å². The Bertz CT molecular complexity index is 1050. The van der Waals surface area contributed by atoms with E-state index in [0.29, 0.717) is 6.42 Å². The predicted molar refractivity (Wildman–Crippen MR) is 105 cm³/mol. The van der Waals surface area contributed by atoms with Crippen molar-refractivity contribution in [2.45, 2.75) is 13.3 Å². The van der Waals surface area contributed by atoms with Gasteiger partial charge in [-0.05, 0) is 55.0 Å². The molecular weight excluding hydrogens is 322 g/mol. The lowest BCUT2D eigenvalue weighted by Gasteiger charge is -2.10. The molecule has 0 aliphatic heterocycles. The summed E-state index contributed by atoms with van der Waals surface area (Å²) in [7, 11) is 0. The lowest BCUT2D eigenvalue weighted by atomic mass is 10.2. The highest BCUT2D eigenvalue weighted by molar-refractivity contribution is 5.92. The van der Waals surface area contributed by atoms with Crippen LogP contribution < -0.4 is 5.32 Å². The lowest BCUT2D eigenvalue weighted by Crippen LogP contribution is -2.14. The van der Waals surface area contributed by atoms with E-state index in [2.05, 4.69) is 40.0 Å². The molecule has 4 heteroatoms. The fourth-order valence-corrected chi connectivity index (χ4v) is 3.22. The van der Waals surface area contributed by atoms with Crippen LogP contribution in [0.5, 0.6) is 0 Å². The third-order valence-corrected chi connectivity index (χ3v) is 4.39. The smallest absolute Gasteiger partial charge is 0.228 e. The van der Waals surface area contributed by atoms with Crippen LogP contribution in [0.1, 0.15) is 11.3 Å². The summed E-state index contributed by atoms with van der Waals surface area (Å²) in [4.78, 5) is 16.2. The molecule has 0 spiro atoms. The number of carbonyl (C=O) groups is 1. The Kier molecular flexibility index (Phi) is 4.23. The number of carbonyl (C=O) groups excluding carboxylic acids is 1. The van der Waals surface area contributed by atoms with Gasteiger partial charge in [0, 0.05) is 34.8 Å². The molecule has 0 aliphatic carbocycles. The number of benzene rings is 2. The summed E-state index contributed by atoms with van der Waals surface area (Å²) < 4.78 is 2.22.